The predicted molar refractivity (Wildman–Crippen MR) is 55.1 cm³/mol. The van der Waals surface area contributed by atoms with Crippen LogP contribution < -0.4 is 0 Å². The van der Waals surface area contributed by atoms with E-state index in [1.54, 1.807) is 0 Å². The van der Waals surface area contributed by atoms with E-state index in [0.29, 0.717) is 6.07 Å². The molecular formula is C11H5F2N2O2. The molecule has 2 rings (SSSR count). The highest BCUT2D eigenvalue weighted by Crippen LogP contribution is 2.24. The molecule has 17 heavy (non-hydrogen) atoms. The smallest absolute Gasteiger partial charge is 0.258 e. The molecule has 0 saturated heterocycles. The molecule has 0 unspecified atom stereocenters. The molecule has 0 amide bonds. The van der Waals surface area contributed by atoms with Crippen LogP contribution in [0.3, 0.4) is 0 Å². The van der Waals surface area contributed by atoms with Gasteiger partial charge in [-0.15, -0.1) is 0 Å². The molecule has 0 N–H and O–H groups in total. The van der Waals surface area contributed by atoms with E-state index in [0.717, 1.165) is 12.3 Å². The molecule has 6 heteroatoms. The summed E-state index contributed by atoms with van der Waals surface area (Å²) in [7, 11) is 0. The summed E-state index contributed by atoms with van der Waals surface area (Å²) >= 11 is 0. The fourth-order valence-electron chi connectivity index (χ4n) is 1.33. The minimum Gasteiger partial charge on any atom is -0.258 e. The van der Waals surface area contributed by atoms with Crippen molar-refractivity contribution >= 4 is 5.69 Å². The topological polar surface area (TPSA) is 56.0 Å². The van der Waals surface area contributed by atoms with Gasteiger partial charge in [-0.25, -0.2) is 8.78 Å². The number of halogens is 2. The minimum atomic E-state index is -0.870. The van der Waals surface area contributed by atoms with E-state index in [-0.39, 0.29) is 16.9 Å². The Morgan fingerprint density at radius 2 is 2.12 bits per heavy atom. The first-order valence-electron chi connectivity index (χ1n) is 4.55. The summed E-state index contributed by atoms with van der Waals surface area (Å²) in [6, 6.07) is 6.89. The monoisotopic (exact) mass is 235 g/mol. The van der Waals surface area contributed by atoms with Crippen LogP contribution in [0.2, 0.25) is 0 Å². The average Bonchev–Trinajstić information content (AvgIpc) is 2.29. The van der Waals surface area contributed by atoms with Gasteiger partial charge in [-0.05, 0) is 6.07 Å². The Balaban J connectivity index is 2.53. The third kappa shape index (κ3) is 2.25. The third-order valence-electron chi connectivity index (χ3n) is 2.06. The number of nitro benzene ring substituents is 1. The standard InChI is InChI=1S/C11H5F2N2O2/c12-8-5-10(13)11(14-6-8)7-2-1-3-9(4-7)15(16)17/h1-2,4-6H. The molecule has 0 spiro atoms. The molecule has 0 aliphatic carbocycles. The van der Waals surface area contributed by atoms with E-state index < -0.39 is 16.6 Å². The Labute approximate surface area is 94.7 Å². The Kier molecular flexibility index (Phi) is 2.78. The summed E-state index contributed by atoms with van der Waals surface area (Å²) in [5.74, 6) is -1.67. The number of rotatable bonds is 2. The SMILES string of the molecule is O=[N+]([O-])c1[c]ccc(-c2ncc(F)cc2F)c1. The van der Waals surface area contributed by atoms with Crippen molar-refractivity contribution in [1.29, 1.82) is 0 Å². The van der Waals surface area contributed by atoms with Crippen LogP contribution >= 0.6 is 0 Å². The molecule has 1 aromatic heterocycles. The van der Waals surface area contributed by atoms with Crippen LogP contribution in [0.1, 0.15) is 0 Å². The molecule has 1 heterocycles. The lowest BCUT2D eigenvalue weighted by Gasteiger charge is -2.01. The van der Waals surface area contributed by atoms with Gasteiger partial charge in [0, 0.05) is 17.7 Å². The van der Waals surface area contributed by atoms with Crippen molar-refractivity contribution in [2.24, 2.45) is 0 Å². The van der Waals surface area contributed by atoms with Gasteiger partial charge in [-0.1, -0.05) is 6.07 Å². The first kappa shape index (κ1) is 11.1. The molecule has 1 radical (unpaired) electrons. The number of non-ortho nitro benzene ring substituents is 1. The van der Waals surface area contributed by atoms with Crippen molar-refractivity contribution in [2.75, 3.05) is 0 Å². The molecule has 0 saturated carbocycles. The Hall–Kier alpha value is -2.37. The highest BCUT2D eigenvalue weighted by molar-refractivity contribution is 5.62. The second-order valence-electron chi connectivity index (χ2n) is 3.20. The van der Waals surface area contributed by atoms with Gasteiger partial charge in [-0.2, -0.15) is 0 Å². The minimum absolute atomic E-state index is 0.136. The number of nitrogens with zero attached hydrogens (tertiary/aromatic N) is 2. The summed E-state index contributed by atoms with van der Waals surface area (Å²) < 4.78 is 26.0. The van der Waals surface area contributed by atoms with Gasteiger partial charge in [0.2, 0.25) is 0 Å². The number of aromatic nitrogens is 1. The zero-order chi connectivity index (χ0) is 12.4. The van der Waals surface area contributed by atoms with E-state index >= 15 is 0 Å². The molecule has 1 aromatic carbocycles. The molecule has 0 atom stereocenters. The second-order valence-corrected chi connectivity index (χ2v) is 3.20. The zero-order valence-corrected chi connectivity index (χ0v) is 8.35. The zero-order valence-electron chi connectivity index (χ0n) is 8.35. The van der Waals surface area contributed by atoms with E-state index in [2.05, 4.69) is 11.1 Å². The summed E-state index contributed by atoms with van der Waals surface area (Å²) in [6.07, 6.45) is 0.848. The maximum absolute atomic E-state index is 13.4. The number of benzene rings is 1. The lowest BCUT2D eigenvalue weighted by atomic mass is 10.1. The Bertz CT molecular complexity index is 587. The van der Waals surface area contributed by atoms with Crippen molar-refractivity contribution in [2.45, 2.75) is 0 Å². The second kappa shape index (κ2) is 4.25. The fraction of sp³-hybridized carbons (Fsp3) is 0. The largest absolute Gasteiger partial charge is 0.278 e. The highest BCUT2D eigenvalue weighted by atomic mass is 19.1. The maximum atomic E-state index is 13.4. The summed E-state index contributed by atoms with van der Waals surface area (Å²) in [5, 5.41) is 10.5. The summed E-state index contributed by atoms with van der Waals surface area (Å²) in [5.41, 5.74) is -0.232. The van der Waals surface area contributed by atoms with Crippen molar-refractivity contribution < 1.29 is 13.7 Å². The van der Waals surface area contributed by atoms with Crippen LogP contribution in [0.25, 0.3) is 11.3 Å². The number of nitro groups is 1. The van der Waals surface area contributed by atoms with Crippen molar-refractivity contribution in [1.82, 2.24) is 4.98 Å². The first-order valence-corrected chi connectivity index (χ1v) is 4.55. The van der Waals surface area contributed by atoms with Gasteiger partial charge in [0.25, 0.3) is 5.69 Å². The van der Waals surface area contributed by atoms with Gasteiger partial charge in [0.1, 0.15) is 11.5 Å². The molecule has 4 nitrogen and oxygen atoms in total. The maximum Gasteiger partial charge on any atom is 0.278 e. The van der Waals surface area contributed by atoms with Crippen LogP contribution in [0, 0.1) is 27.8 Å². The summed E-state index contributed by atoms with van der Waals surface area (Å²) in [6.45, 7) is 0. The molecule has 0 aliphatic rings. The van der Waals surface area contributed by atoms with E-state index in [1.807, 2.05) is 0 Å². The fourth-order valence-corrected chi connectivity index (χ4v) is 1.33. The van der Waals surface area contributed by atoms with Gasteiger partial charge >= 0.3 is 0 Å². The van der Waals surface area contributed by atoms with Gasteiger partial charge in [0.05, 0.1) is 17.2 Å². The quantitative estimate of drug-likeness (QED) is 0.594. The molecular weight excluding hydrogens is 230 g/mol. The highest BCUT2D eigenvalue weighted by Gasteiger charge is 2.12. The number of hydrogen-bond acceptors (Lipinski definition) is 3. The van der Waals surface area contributed by atoms with Crippen LogP contribution in [0.15, 0.2) is 30.5 Å². The molecule has 85 valence electrons. The molecule has 0 fully saturated rings. The van der Waals surface area contributed by atoms with E-state index in [1.165, 1.54) is 12.1 Å². The van der Waals surface area contributed by atoms with Crippen molar-refractivity contribution in [3.8, 4) is 11.3 Å². The van der Waals surface area contributed by atoms with E-state index in [4.69, 9.17) is 0 Å². The van der Waals surface area contributed by atoms with Crippen molar-refractivity contribution in [3.63, 3.8) is 0 Å². The third-order valence-corrected chi connectivity index (χ3v) is 2.06. The summed E-state index contributed by atoms with van der Waals surface area (Å²) in [4.78, 5) is 13.4. The predicted octanol–water partition coefficient (Wildman–Crippen LogP) is 2.74. The molecule has 2 aromatic rings. The van der Waals surface area contributed by atoms with Crippen LogP contribution in [0.5, 0.6) is 0 Å². The Morgan fingerprint density at radius 3 is 2.76 bits per heavy atom. The first-order chi connectivity index (χ1) is 8.08. The van der Waals surface area contributed by atoms with Crippen molar-refractivity contribution in [3.05, 3.63) is 58.3 Å². The number of hydrogen-bond donors (Lipinski definition) is 0. The van der Waals surface area contributed by atoms with Gasteiger partial charge in [0.15, 0.2) is 5.82 Å². The lowest BCUT2D eigenvalue weighted by Crippen LogP contribution is -1.93. The van der Waals surface area contributed by atoms with Crippen LogP contribution in [-0.2, 0) is 0 Å². The average molecular weight is 235 g/mol. The molecule has 0 bridgehead atoms. The van der Waals surface area contributed by atoms with Gasteiger partial charge < -0.3 is 0 Å². The van der Waals surface area contributed by atoms with Crippen LogP contribution in [0.4, 0.5) is 14.5 Å². The lowest BCUT2D eigenvalue weighted by molar-refractivity contribution is -0.385. The van der Waals surface area contributed by atoms with Crippen LogP contribution in [-0.4, -0.2) is 9.91 Å². The van der Waals surface area contributed by atoms with Gasteiger partial charge in [-0.3, -0.25) is 15.1 Å². The van der Waals surface area contributed by atoms with E-state index in [9.17, 15) is 18.9 Å². The molecule has 0 aliphatic heterocycles. The number of pyridine rings is 1. The Morgan fingerprint density at radius 1 is 1.35 bits per heavy atom. The normalized spacial score (nSPS) is 10.2.